The fourth-order valence-electron chi connectivity index (χ4n) is 5.04. The van der Waals surface area contributed by atoms with Gasteiger partial charge in [-0.1, -0.05) is 119 Å². The summed E-state index contributed by atoms with van der Waals surface area (Å²) >= 11 is 1.91. The summed E-state index contributed by atoms with van der Waals surface area (Å²) in [5.41, 5.74) is 14.5. The number of benzene rings is 5. The molecule has 1 heteroatoms. The monoisotopic (exact) mass is 468 g/mol. The molecule has 6 rings (SSSR count). The minimum atomic E-state index is 0.953. The van der Waals surface area contributed by atoms with Crippen LogP contribution in [0.2, 0.25) is 0 Å². The van der Waals surface area contributed by atoms with Gasteiger partial charge >= 0.3 is 0 Å². The summed E-state index contributed by atoms with van der Waals surface area (Å²) in [5, 5.41) is 0. The van der Waals surface area contributed by atoms with Crippen LogP contribution in [0.5, 0.6) is 0 Å². The average Bonchev–Trinajstić information content (AvgIpc) is 2.88. The van der Waals surface area contributed by atoms with E-state index in [0.717, 1.165) is 6.42 Å². The normalized spacial score (nSPS) is 12.2. The van der Waals surface area contributed by atoms with Crippen LogP contribution in [-0.4, -0.2) is 0 Å². The molecule has 0 saturated heterocycles. The second kappa shape index (κ2) is 8.91. The topological polar surface area (TPSA) is 0 Å². The molecule has 0 bridgehead atoms. The Morgan fingerprint density at radius 3 is 1.63 bits per heavy atom. The molecule has 1 aliphatic heterocycles. The minimum absolute atomic E-state index is 0.953. The van der Waals surface area contributed by atoms with Gasteiger partial charge in [0.2, 0.25) is 0 Å². The van der Waals surface area contributed by atoms with Crippen molar-refractivity contribution in [2.75, 3.05) is 0 Å². The smallest absolute Gasteiger partial charge is 0.0170 e. The summed E-state index contributed by atoms with van der Waals surface area (Å²) in [6.45, 7) is 6.48. The summed E-state index contributed by atoms with van der Waals surface area (Å²) in [4.78, 5) is 2.73. The summed E-state index contributed by atoms with van der Waals surface area (Å²) < 4.78 is 0. The van der Waals surface area contributed by atoms with Crippen LogP contribution in [0, 0.1) is 20.8 Å². The van der Waals surface area contributed by atoms with E-state index in [1.54, 1.807) is 0 Å². The highest BCUT2D eigenvalue weighted by Gasteiger charge is 2.25. The maximum Gasteiger partial charge on any atom is 0.0170 e. The van der Waals surface area contributed by atoms with E-state index in [-0.39, 0.29) is 0 Å². The van der Waals surface area contributed by atoms with Crippen LogP contribution in [0.4, 0.5) is 0 Å². The highest BCUT2D eigenvalue weighted by Crippen LogP contribution is 2.50. The SMILES string of the molecule is Cc1ccc(-c2cc3c(c(-c4ccc(C)cc4)c2-c2ccc(C)cc2)Cc2ccccc2S3)cc1. The Hall–Kier alpha value is -3.55. The van der Waals surface area contributed by atoms with Gasteiger partial charge in [-0.25, -0.2) is 0 Å². The van der Waals surface area contributed by atoms with E-state index in [1.165, 1.54) is 71.0 Å². The van der Waals surface area contributed by atoms with Gasteiger partial charge in [0.1, 0.15) is 0 Å². The molecule has 0 fully saturated rings. The van der Waals surface area contributed by atoms with E-state index < -0.39 is 0 Å². The van der Waals surface area contributed by atoms with Crippen molar-refractivity contribution in [3.63, 3.8) is 0 Å². The van der Waals surface area contributed by atoms with Crippen molar-refractivity contribution in [3.8, 4) is 33.4 Å². The number of fused-ring (bicyclic) bond motifs is 2. The quantitative estimate of drug-likeness (QED) is 0.249. The van der Waals surface area contributed by atoms with Gasteiger partial charge in [0.05, 0.1) is 0 Å². The van der Waals surface area contributed by atoms with Crippen LogP contribution in [0.25, 0.3) is 33.4 Å². The molecule has 0 nitrogen and oxygen atoms in total. The Morgan fingerprint density at radius 2 is 1.03 bits per heavy atom. The molecule has 1 heterocycles. The first-order chi connectivity index (χ1) is 17.1. The standard InChI is InChI=1S/C34H28S/c1-22-8-14-25(15-9-22)29-21-32-30(20-28-6-4-5-7-31(28)35-32)34(27-18-12-24(3)13-19-27)33(29)26-16-10-23(2)11-17-26/h4-19,21H,20H2,1-3H3. The van der Waals surface area contributed by atoms with Gasteiger partial charge in [0, 0.05) is 16.2 Å². The second-order valence-electron chi connectivity index (χ2n) is 9.64. The predicted molar refractivity (Wildman–Crippen MR) is 150 cm³/mol. The lowest BCUT2D eigenvalue weighted by molar-refractivity contribution is 1.06. The van der Waals surface area contributed by atoms with Crippen molar-refractivity contribution in [1.29, 1.82) is 0 Å². The van der Waals surface area contributed by atoms with Crippen molar-refractivity contribution in [2.24, 2.45) is 0 Å². The zero-order valence-corrected chi connectivity index (χ0v) is 21.2. The molecule has 0 aromatic heterocycles. The first kappa shape index (κ1) is 21.9. The lowest BCUT2D eigenvalue weighted by Crippen LogP contribution is -2.05. The molecule has 0 saturated carbocycles. The molecule has 0 unspecified atom stereocenters. The number of rotatable bonds is 3. The Labute approximate surface area is 212 Å². The zero-order chi connectivity index (χ0) is 23.9. The lowest BCUT2D eigenvalue weighted by Gasteiger charge is -2.27. The Morgan fingerprint density at radius 1 is 0.514 bits per heavy atom. The maximum absolute atomic E-state index is 2.44. The van der Waals surface area contributed by atoms with E-state index in [1.807, 2.05) is 11.8 Å². The van der Waals surface area contributed by atoms with E-state index in [0.29, 0.717) is 0 Å². The highest BCUT2D eigenvalue weighted by atomic mass is 32.2. The van der Waals surface area contributed by atoms with E-state index in [4.69, 9.17) is 0 Å². The van der Waals surface area contributed by atoms with Gasteiger partial charge in [-0.3, -0.25) is 0 Å². The molecule has 5 aromatic carbocycles. The van der Waals surface area contributed by atoms with E-state index in [9.17, 15) is 0 Å². The van der Waals surface area contributed by atoms with Crippen molar-refractivity contribution in [3.05, 3.63) is 131 Å². The molecule has 0 N–H and O–H groups in total. The Kier molecular flexibility index (Phi) is 5.59. The fraction of sp³-hybridized carbons (Fsp3) is 0.118. The predicted octanol–water partition coefficient (Wildman–Crippen LogP) is 9.67. The van der Waals surface area contributed by atoms with Crippen molar-refractivity contribution < 1.29 is 0 Å². The van der Waals surface area contributed by atoms with Crippen molar-refractivity contribution >= 4 is 11.8 Å². The summed E-state index contributed by atoms with van der Waals surface area (Å²) in [6, 6.07) is 38.4. The number of aryl methyl sites for hydroxylation is 3. The first-order valence-corrected chi connectivity index (χ1v) is 13.1. The summed E-state index contributed by atoms with van der Waals surface area (Å²) in [7, 11) is 0. The van der Waals surface area contributed by atoms with Crippen LogP contribution < -0.4 is 0 Å². The largest absolute Gasteiger partial charge is 0.0895 e. The van der Waals surface area contributed by atoms with Crippen LogP contribution in [-0.2, 0) is 6.42 Å². The third-order valence-corrected chi connectivity index (χ3v) is 8.20. The molecule has 0 spiro atoms. The van der Waals surface area contributed by atoms with Crippen molar-refractivity contribution in [1.82, 2.24) is 0 Å². The molecule has 0 atom stereocenters. The summed E-state index contributed by atoms with van der Waals surface area (Å²) in [6.07, 6.45) is 0.953. The van der Waals surface area contributed by atoms with Gasteiger partial charge in [-0.05, 0) is 77.4 Å². The molecular weight excluding hydrogens is 440 g/mol. The molecule has 1 aliphatic rings. The molecule has 35 heavy (non-hydrogen) atoms. The van der Waals surface area contributed by atoms with Gasteiger partial charge in [0.25, 0.3) is 0 Å². The van der Waals surface area contributed by atoms with Gasteiger partial charge < -0.3 is 0 Å². The van der Waals surface area contributed by atoms with Crippen LogP contribution >= 0.6 is 11.8 Å². The zero-order valence-electron chi connectivity index (χ0n) is 20.4. The van der Waals surface area contributed by atoms with Crippen LogP contribution in [0.3, 0.4) is 0 Å². The van der Waals surface area contributed by atoms with E-state index >= 15 is 0 Å². The second-order valence-corrected chi connectivity index (χ2v) is 10.7. The molecule has 0 aliphatic carbocycles. The average molecular weight is 469 g/mol. The Bertz CT molecular complexity index is 1520. The Balaban J connectivity index is 1.71. The van der Waals surface area contributed by atoms with Crippen LogP contribution in [0.1, 0.15) is 27.8 Å². The molecular formula is C34H28S. The maximum atomic E-state index is 2.44. The highest BCUT2D eigenvalue weighted by molar-refractivity contribution is 7.99. The van der Waals surface area contributed by atoms with Gasteiger partial charge in [-0.2, -0.15) is 0 Å². The first-order valence-electron chi connectivity index (χ1n) is 12.2. The minimum Gasteiger partial charge on any atom is -0.0895 e. The fourth-order valence-corrected chi connectivity index (χ4v) is 6.17. The molecule has 0 amide bonds. The third-order valence-electron chi connectivity index (χ3n) is 7.00. The van der Waals surface area contributed by atoms with E-state index in [2.05, 4.69) is 124 Å². The lowest BCUT2D eigenvalue weighted by atomic mass is 9.82. The molecule has 5 aromatic rings. The molecule has 170 valence electrons. The third kappa shape index (κ3) is 4.11. The summed E-state index contributed by atoms with van der Waals surface area (Å²) in [5.74, 6) is 0. The number of hydrogen-bond acceptors (Lipinski definition) is 1. The molecule has 0 radical (unpaired) electrons. The van der Waals surface area contributed by atoms with Crippen LogP contribution in [0.15, 0.2) is 113 Å². The number of hydrogen-bond donors (Lipinski definition) is 0. The van der Waals surface area contributed by atoms with Crippen molar-refractivity contribution in [2.45, 2.75) is 37.0 Å². The van der Waals surface area contributed by atoms with Gasteiger partial charge in [-0.15, -0.1) is 0 Å². The van der Waals surface area contributed by atoms with Gasteiger partial charge in [0.15, 0.2) is 0 Å².